The first kappa shape index (κ1) is 11.6. The van der Waals surface area contributed by atoms with Gasteiger partial charge in [0.25, 0.3) is 0 Å². The Balaban J connectivity index is 1.80. The Bertz CT molecular complexity index is 333. The lowest BCUT2D eigenvalue weighted by atomic mass is 9.64. The number of nitrogens with two attached hydrogens (primary N) is 1. The third-order valence-electron chi connectivity index (χ3n) is 3.48. The van der Waals surface area contributed by atoms with Gasteiger partial charge in [0.1, 0.15) is 0 Å². The Morgan fingerprint density at radius 1 is 1.50 bits per heavy atom. The molecule has 1 heterocycles. The second-order valence-corrected chi connectivity index (χ2v) is 5.90. The molecule has 2 N–H and O–H groups in total. The summed E-state index contributed by atoms with van der Waals surface area (Å²) in [4.78, 5) is 0. The number of hydrogen-bond acceptors (Lipinski definition) is 2. The van der Waals surface area contributed by atoms with E-state index in [0.717, 1.165) is 31.8 Å². The van der Waals surface area contributed by atoms with Crippen LogP contribution in [0.5, 0.6) is 0 Å². The molecule has 3 heteroatoms. The monoisotopic (exact) mass is 221 g/mol. The van der Waals surface area contributed by atoms with E-state index in [1.54, 1.807) is 0 Å². The zero-order valence-electron chi connectivity index (χ0n) is 10.4. The first-order chi connectivity index (χ1) is 7.59. The van der Waals surface area contributed by atoms with Crippen LogP contribution in [0.15, 0.2) is 12.4 Å². The van der Waals surface area contributed by atoms with Crippen molar-refractivity contribution in [1.82, 2.24) is 9.78 Å². The van der Waals surface area contributed by atoms with Gasteiger partial charge < -0.3 is 5.73 Å². The quantitative estimate of drug-likeness (QED) is 0.828. The lowest BCUT2D eigenvalue weighted by Gasteiger charge is -2.42. The first-order valence-corrected chi connectivity index (χ1v) is 6.30. The summed E-state index contributed by atoms with van der Waals surface area (Å²) in [6, 6.07) is 0. The average molecular weight is 221 g/mol. The summed E-state index contributed by atoms with van der Waals surface area (Å²) in [5.74, 6) is 0.831. The SMILES string of the molecule is CC1(C)CC(Cn2cc(CCCN)cn2)C1. The lowest BCUT2D eigenvalue weighted by Crippen LogP contribution is -2.34. The molecule has 1 aliphatic rings. The molecule has 0 bridgehead atoms. The highest BCUT2D eigenvalue weighted by Crippen LogP contribution is 2.45. The molecule has 1 fully saturated rings. The minimum absolute atomic E-state index is 0.570. The molecule has 2 rings (SSSR count). The highest BCUT2D eigenvalue weighted by Gasteiger charge is 2.35. The topological polar surface area (TPSA) is 43.8 Å². The molecule has 16 heavy (non-hydrogen) atoms. The van der Waals surface area contributed by atoms with E-state index in [0.29, 0.717) is 5.41 Å². The van der Waals surface area contributed by atoms with Gasteiger partial charge in [-0.25, -0.2) is 0 Å². The highest BCUT2D eigenvalue weighted by atomic mass is 15.3. The predicted molar refractivity (Wildman–Crippen MR) is 66.1 cm³/mol. The Hall–Kier alpha value is -0.830. The van der Waals surface area contributed by atoms with E-state index in [1.807, 2.05) is 6.20 Å². The molecule has 0 atom stereocenters. The van der Waals surface area contributed by atoms with Crippen molar-refractivity contribution >= 4 is 0 Å². The first-order valence-electron chi connectivity index (χ1n) is 6.30. The van der Waals surface area contributed by atoms with Gasteiger partial charge in [0.15, 0.2) is 0 Å². The normalized spacial score (nSPS) is 19.7. The molecule has 0 radical (unpaired) electrons. The third-order valence-corrected chi connectivity index (χ3v) is 3.48. The number of rotatable bonds is 5. The van der Waals surface area contributed by atoms with Crippen LogP contribution in [0.25, 0.3) is 0 Å². The van der Waals surface area contributed by atoms with Gasteiger partial charge in [-0.3, -0.25) is 4.68 Å². The summed E-state index contributed by atoms with van der Waals surface area (Å²) >= 11 is 0. The van der Waals surface area contributed by atoms with Gasteiger partial charge in [-0.2, -0.15) is 5.10 Å². The fourth-order valence-corrected chi connectivity index (χ4v) is 2.84. The van der Waals surface area contributed by atoms with Crippen molar-refractivity contribution in [2.24, 2.45) is 17.1 Å². The van der Waals surface area contributed by atoms with Crippen molar-refractivity contribution in [3.05, 3.63) is 18.0 Å². The van der Waals surface area contributed by atoms with E-state index in [9.17, 15) is 0 Å². The standard InChI is InChI=1S/C13H23N3/c1-13(2)6-12(7-13)10-16-9-11(8-15-16)4-3-5-14/h8-9,12H,3-7,10,14H2,1-2H3. The molecule has 0 unspecified atom stereocenters. The summed E-state index contributed by atoms with van der Waals surface area (Å²) in [5, 5.41) is 4.41. The maximum absolute atomic E-state index is 5.50. The smallest absolute Gasteiger partial charge is 0.0521 e. The van der Waals surface area contributed by atoms with Crippen molar-refractivity contribution in [2.75, 3.05) is 6.54 Å². The molecule has 1 aromatic rings. The van der Waals surface area contributed by atoms with Crippen LogP contribution in [0.2, 0.25) is 0 Å². The van der Waals surface area contributed by atoms with E-state index >= 15 is 0 Å². The highest BCUT2D eigenvalue weighted by molar-refractivity contribution is 5.04. The molecule has 3 nitrogen and oxygen atoms in total. The van der Waals surface area contributed by atoms with Crippen molar-refractivity contribution in [3.63, 3.8) is 0 Å². The predicted octanol–water partition coefficient (Wildman–Crippen LogP) is 2.21. The van der Waals surface area contributed by atoms with Gasteiger partial charge in [0, 0.05) is 12.7 Å². The lowest BCUT2D eigenvalue weighted by molar-refractivity contribution is 0.0800. The van der Waals surface area contributed by atoms with E-state index in [-0.39, 0.29) is 0 Å². The number of aromatic nitrogens is 2. The summed E-state index contributed by atoms with van der Waals surface area (Å²) in [6.07, 6.45) is 8.96. The van der Waals surface area contributed by atoms with Gasteiger partial charge in [0.2, 0.25) is 0 Å². The number of nitrogens with zero attached hydrogens (tertiary/aromatic N) is 2. The van der Waals surface area contributed by atoms with E-state index in [2.05, 4.69) is 29.8 Å². The molecule has 0 spiro atoms. The Morgan fingerprint density at radius 3 is 2.88 bits per heavy atom. The van der Waals surface area contributed by atoms with Crippen LogP contribution in [0.1, 0.15) is 38.7 Å². The third kappa shape index (κ3) is 2.85. The number of aryl methyl sites for hydroxylation is 1. The average Bonchev–Trinajstić information content (AvgIpc) is 2.60. The van der Waals surface area contributed by atoms with Crippen LogP contribution in [0.3, 0.4) is 0 Å². The Labute approximate surface area is 98.0 Å². The second-order valence-electron chi connectivity index (χ2n) is 5.90. The minimum Gasteiger partial charge on any atom is -0.330 e. The summed E-state index contributed by atoms with van der Waals surface area (Å²) in [6.45, 7) is 6.55. The van der Waals surface area contributed by atoms with Gasteiger partial charge in [0.05, 0.1) is 6.20 Å². The summed E-state index contributed by atoms with van der Waals surface area (Å²) in [7, 11) is 0. The van der Waals surface area contributed by atoms with Gasteiger partial charge in [-0.05, 0) is 49.1 Å². The van der Waals surface area contributed by atoms with Crippen molar-refractivity contribution in [2.45, 2.75) is 46.1 Å². The molecule has 0 amide bonds. The maximum Gasteiger partial charge on any atom is 0.0521 e. The maximum atomic E-state index is 5.50. The van der Waals surface area contributed by atoms with Crippen LogP contribution in [0, 0.1) is 11.3 Å². The van der Waals surface area contributed by atoms with Gasteiger partial charge >= 0.3 is 0 Å². The zero-order chi connectivity index (χ0) is 11.6. The Morgan fingerprint density at radius 2 is 2.25 bits per heavy atom. The fourth-order valence-electron chi connectivity index (χ4n) is 2.84. The van der Waals surface area contributed by atoms with E-state index in [4.69, 9.17) is 5.73 Å². The zero-order valence-corrected chi connectivity index (χ0v) is 10.4. The molecule has 1 aliphatic carbocycles. The van der Waals surface area contributed by atoms with Crippen LogP contribution in [-0.4, -0.2) is 16.3 Å². The molecule has 0 saturated heterocycles. The van der Waals surface area contributed by atoms with E-state index in [1.165, 1.54) is 18.4 Å². The van der Waals surface area contributed by atoms with Crippen molar-refractivity contribution in [1.29, 1.82) is 0 Å². The summed E-state index contributed by atoms with van der Waals surface area (Å²) in [5.41, 5.74) is 7.39. The summed E-state index contributed by atoms with van der Waals surface area (Å²) < 4.78 is 2.10. The molecular formula is C13H23N3. The van der Waals surface area contributed by atoms with Crippen LogP contribution < -0.4 is 5.73 Å². The number of hydrogen-bond donors (Lipinski definition) is 1. The molecule has 0 aliphatic heterocycles. The molecular weight excluding hydrogens is 198 g/mol. The van der Waals surface area contributed by atoms with Crippen LogP contribution in [-0.2, 0) is 13.0 Å². The molecule has 1 aromatic heterocycles. The fraction of sp³-hybridized carbons (Fsp3) is 0.769. The van der Waals surface area contributed by atoms with E-state index < -0.39 is 0 Å². The van der Waals surface area contributed by atoms with Crippen molar-refractivity contribution in [3.8, 4) is 0 Å². The van der Waals surface area contributed by atoms with Gasteiger partial charge in [-0.1, -0.05) is 13.8 Å². The second kappa shape index (κ2) is 4.58. The van der Waals surface area contributed by atoms with Gasteiger partial charge in [-0.15, -0.1) is 0 Å². The molecule has 90 valence electrons. The van der Waals surface area contributed by atoms with Crippen LogP contribution in [0.4, 0.5) is 0 Å². The van der Waals surface area contributed by atoms with Crippen LogP contribution >= 0.6 is 0 Å². The molecule has 1 saturated carbocycles. The molecule has 0 aromatic carbocycles. The van der Waals surface area contributed by atoms with Crippen molar-refractivity contribution < 1.29 is 0 Å². The minimum atomic E-state index is 0.570. The Kier molecular flexibility index (Phi) is 3.33. The largest absolute Gasteiger partial charge is 0.330 e.